The van der Waals surface area contributed by atoms with Crippen molar-refractivity contribution in [2.75, 3.05) is 27.2 Å². The first kappa shape index (κ1) is 14.2. The summed E-state index contributed by atoms with van der Waals surface area (Å²) < 4.78 is 0. The van der Waals surface area contributed by atoms with Gasteiger partial charge in [0.25, 0.3) is 5.91 Å². The number of amides is 1. The van der Waals surface area contributed by atoms with Gasteiger partial charge in [-0.05, 0) is 45.1 Å². The third-order valence-corrected chi connectivity index (χ3v) is 3.72. The van der Waals surface area contributed by atoms with Crippen LogP contribution in [0.5, 0.6) is 5.75 Å². The molecule has 4 nitrogen and oxygen atoms in total. The van der Waals surface area contributed by atoms with Crippen LogP contribution in [0, 0.1) is 0 Å². The van der Waals surface area contributed by atoms with Crippen LogP contribution in [-0.4, -0.2) is 54.0 Å². The fourth-order valence-electron chi connectivity index (χ4n) is 2.55. The fraction of sp³-hybridized carbons (Fsp3) is 0.500. The van der Waals surface area contributed by atoms with Gasteiger partial charge in [0.05, 0.1) is 10.6 Å². The Labute approximate surface area is 118 Å². The molecule has 0 spiro atoms. The molecule has 19 heavy (non-hydrogen) atoms. The van der Waals surface area contributed by atoms with Gasteiger partial charge in [-0.2, -0.15) is 0 Å². The van der Waals surface area contributed by atoms with Crippen LogP contribution in [-0.2, 0) is 0 Å². The summed E-state index contributed by atoms with van der Waals surface area (Å²) in [4.78, 5) is 16.5. The first-order chi connectivity index (χ1) is 8.99. The molecule has 104 valence electrons. The Hall–Kier alpha value is -1.26. The van der Waals surface area contributed by atoms with Gasteiger partial charge >= 0.3 is 0 Å². The van der Waals surface area contributed by atoms with Crippen molar-refractivity contribution in [2.45, 2.75) is 18.9 Å². The number of phenolic OH excluding ortho intramolecular Hbond substituents is 1. The molecule has 0 aliphatic carbocycles. The van der Waals surface area contributed by atoms with Crippen molar-refractivity contribution in [1.82, 2.24) is 9.80 Å². The van der Waals surface area contributed by atoms with E-state index in [1.807, 2.05) is 19.0 Å². The summed E-state index contributed by atoms with van der Waals surface area (Å²) in [6.07, 6.45) is 2.03. The second-order valence-corrected chi connectivity index (χ2v) is 5.63. The minimum Gasteiger partial charge on any atom is -0.508 e. The molecule has 0 saturated carbocycles. The highest BCUT2D eigenvalue weighted by molar-refractivity contribution is 6.33. The Morgan fingerprint density at radius 2 is 2.26 bits per heavy atom. The molecule has 1 atom stereocenters. The van der Waals surface area contributed by atoms with Crippen LogP contribution in [0.15, 0.2) is 18.2 Å². The zero-order valence-corrected chi connectivity index (χ0v) is 12.0. The number of phenols is 1. The van der Waals surface area contributed by atoms with E-state index >= 15 is 0 Å². The van der Waals surface area contributed by atoms with E-state index in [0.717, 1.165) is 25.9 Å². The van der Waals surface area contributed by atoms with Gasteiger partial charge in [0, 0.05) is 19.1 Å². The Morgan fingerprint density at radius 3 is 2.95 bits per heavy atom. The molecule has 1 aliphatic heterocycles. The minimum absolute atomic E-state index is 0.0658. The molecule has 1 aliphatic rings. The highest BCUT2D eigenvalue weighted by atomic mass is 35.5. The normalized spacial score (nSPS) is 19.2. The van der Waals surface area contributed by atoms with Gasteiger partial charge in [-0.3, -0.25) is 4.79 Å². The molecule has 1 fully saturated rings. The molecule has 1 heterocycles. The standard InChI is InChI=1S/C14H19ClN2O2/c1-16(2)9-10-4-3-7-17(10)14(19)12-8-11(18)5-6-13(12)15/h5-6,8,10,18H,3-4,7,9H2,1-2H3. The lowest BCUT2D eigenvalue weighted by atomic mass is 10.1. The highest BCUT2D eigenvalue weighted by Gasteiger charge is 2.30. The summed E-state index contributed by atoms with van der Waals surface area (Å²) in [6.45, 7) is 1.60. The SMILES string of the molecule is CN(C)CC1CCCN1C(=O)c1cc(O)ccc1Cl. The molecular formula is C14H19ClN2O2. The summed E-state index contributed by atoms with van der Waals surface area (Å²) in [6, 6.07) is 4.71. The maximum Gasteiger partial charge on any atom is 0.255 e. The Morgan fingerprint density at radius 1 is 1.53 bits per heavy atom. The molecule has 0 bridgehead atoms. The number of rotatable bonds is 3. The zero-order chi connectivity index (χ0) is 14.0. The maximum atomic E-state index is 12.5. The first-order valence-electron chi connectivity index (χ1n) is 6.43. The molecule has 0 radical (unpaired) electrons. The Balaban J connectivity index is 2.20. The number of hydrogen-bond donors (Lipinski definition) is 1. The van der Waals surface area contributed by atoms with Crippen LogP contribution in [0.3, 0.4) is 0 Å². The largest absolute Gasteiger partial charge is 0.508 e. The van der Waals surface area contributed by atoms with E-state index in [0.29, 0.717) is 10.6 Å². The van der Waals surface area contributed by atoms with E-state index in [2.05, 4.69) is 4.90 Å². The van der Waals surface area contributed by atoms with Crippen LogP contribution in [0.25, 0.3) is 0 Å². The Kier molecular flexibility index (Phi) is 4.32. The van der Waals surface area contributed by atoms with Gasteiger partial charge in [-0.25, -0.2) is 0 Å². The topological polar surface area (TPSA) is 43.8 Å². The van der Waals surface area contributed by atoms with E-state index in [4.69, 9.17) is 11.6 Å². The van der Waals surface area contributed by atoms with Gasteiger partial charge < -0.3 is 14.9 Å². The summed E-state index contributed by atoms with van der Waals surface area (Å²) in [5.74, 6) is -0.0265. The number of halogens is 1. The van der Waals surface area contributed by atoms with E-state index in [1.165, 1.54) is 12.1 Å². The predicted molar refractivity (Wildman–Crippen MR) is 75.7 cm³/mol. The highest BCUT2D eigenvalue weighted by Crippen LogP contribution is 2.26. The smallest absolute Gasteiger partial charge is 0.255 e. The van der Waals surface area contributed by atoms with E-state index in [1.54, 1.807) is 6.07 Å². The van der Waals surface area contributed by atoms with E-state index in [-0.39, 0.29) is 17.7 Å². The molecule has 1 amide bonds. The number of likely N-dealkylation sites (tertiary alicyclic amines) is 1. The van der Waals surface area contributed by atoms with Gasteiger partial charge in [0.15, 0.2) is 0 Å². The minimum atomic E-state index is -0.0924. The summed E-state index contributed by atoms with van der Waals surface area (Å²) in [5.41, 5.74) is 0.382. The van der Waals surface area contributed by atoms with Crippen molar-refractivity contribution in [2.24, 2.45) is 0 Å². The quantitative estimate of drug-likeness (QED) is 0.924. The first-order valence-corrected chi connectivity index (χ1v) is 6.81. The van der Waals surface area contributed by atoms with Crippen LogP contribution in [0.2, 0.25) is 5.02 Å². The average molecular weight is 283 g/mol. The van der Waals surface area contributed by atoms with Gasteiger partial charge in [0.2, 0.25) is 0 Å². The predicted octanol–water partition coefficient (Wildman–Crippen LogP) is 2.21. The third kappa shape index (κ3) is 3.19. The van der Waals surface area contributed by atoms with E-state index < -0.39 is 0 Å². The van der Waals surface area contributed by atoms with Crippen molar-refractivity contribution < 1.29 is 9.90 Å². The lowest BCUT2D eigenvalue weighted by molar-refractivity contribution is 0.0716. The number of hydrogen-bond acceptors (Lipinski definition) is 3. The molecule has 1 saturated heterocycles. The van der Waals surface area contributed by atoms with Crippen LogP contribution in [0.4, 0.5) is 0 Å². The molecule has 1 unspecified atom stereocenters. The zero-order valence-electron chi connectivity index (χ0n) is 11.3. The molecule has 0 aromatic heterocycles. The number of carbonyl (C=O) groups excluding carboxylic acids is 1. The summed E-state index contributed by atoms with van der Waals surface area (Å²) in [5, 5.41) is 9.89. The molecular weight excluding hydrogens is 264 g/mol. The molecule has 2 rings (SSSR count). The van der Waals surface area contributed by atoms with Crippen LogP contribution >= 0.6 is 11.6 Å². The average Bonchev–Trinajstić information content (AvgIpc) is 2.78. The second-order valence-electron chi connectivity index (χ2n) is 5.22. The number of benzene rings is 1. The van der Waals surface area contributed by atoms with E-state index in [9.17, 15) is 9.90 Å². The lowest BCUT2D eigenvalue weighted by Crippen LogP contribution is -2.41. The summed E-state index contributed by atoms with van der Waals surface area (Å²) >= 11 is 6.05. The second kappa shape index (κ2) is 5.80. The monoisotopic (exact) mass is 282 g/mol. The van der Waals surface area contributed by atoms with Gasteiger partial charge in [0.1, 0.15) is 5.75 Å². The molecule has 1 aromatic rings. The molecule has 5 heteroatoms. The summed E-state index contributed by atoms with van der Waals surface area (Å²) in [7, 11) is 4.00. The van der Waals surface area contributed by atoms with Crippen molar-refractivity contribution in [3.8, 4) is 5.75 Å². The lowest BCUT2D eigenvalue weighted by Gasteiger charge is -2.27. The molecule has 1 N–H and O–H groups in total. The number of likely N-dealkylation sites (N-methyl/N-ethyl adjacent to an activating group) is 1. The number of nitrogens with zero attached hydrogens (tertiary/aromatic N) is 2. The fourth-order valence-corrected chi connectivity index (χ4v) is 2.74. The van der Waals surface area contributed by atoms with Gasteiger partial charge in [-0.15, -0.1) is 0 Å². The van der Waals surface area contributed by atoms with Crippen LogP contribution in [0.1, 0.15) is 23.2 Å². The number of aromatic hydroxyl groups is 1. The maximum absolute atomic E-state index is 12.5. The third-order valence-electron chi connectivity index (χ3n) is 3.39. The van der Waals surface area contributed by atoms with Crippen molar-refractivity contribution in [3.05, 3.63) is 28.8 Å². The van der Waals surface area contributed by atoms with Gasteiger partial charge in [-0.1, -0.05) is 11.6 Å². The molecule has 1 aromatic carbocycles. The number of carbonyl (C=O) groups is 1. The van der Waals surface area contributed by atoms with Crippen molar-refractivity contribution in [1.29, 1.82) is 0 Å². The Bertz CT molecular complexity index is 477. The van der Waals surface area contributed by atoms with Crippen molar-refractivity contribution >= 4 is 17.5 Å². The van der Waals surface area contributed by atoms with Crippen LogP contribution < -0.4 is 0 Å². The van der Waals surface area contributed by atoms with Crippen molar-refractivity contribution in [3.63, 3.8) is 0 Å².